The maximum Gasteiger partial charge on any atom is 0.416 e. The molecule has 0 radical (unpaired) electrons. The first-order valence-electron chi connectivity index (χ1n) is 7.78. The molecular formula is C17H20F3NO. The Morgan fingerprint density at radius 1 is 1.18 bits per heavy atom. The summed E-state index contributed by atoms with van der Waals surface area (Å²) in [5, 5.41) is 2.76. The number of alkyl halides is 3. The molecule has 1 unspecified atom stereocenters. The zero-order valence-electron chi connectivity index (χ0n) is 12.5. The van der Waals surface area contributed by atoms with Crippen molar-refractivity contribution in [2.45, 2.75) is 45.2 Å². The summed E-state index contributed by atoms with van der Waals surface area (Å²) in [6.45, 7) is 2.24. The fourth-order valence-corrected chi connectivity index (χ4v) is 3.58. The van der Waals surface area contributed by atoms with Crippen molar-refractivity contribution in [3.63, 3.8) is 0 Å². The maximum absolute atomic E-state index is 12.5. The number of carbonyl (C=O) groups excluding carboxylic acids is 1. The molecule has 120 valence electrons. The van der Waals surface area contributed by atoms with E-state index in [1.807, 2.05) is 0 Å². The summed E-state index contributed by atoms with van der Waals surface area (Å²) >= 11 is 0. The summed E-state index contributed by atoms with van der Waals surface area (Å²) in [7, 11) is 0. The van der Waals surface area contributed by atoms with Crippen LogP contribution in [0.5, 0.6) is 0 Å². The van der Waals surface area contributed by atoms with Crippen LogP contribution < -0.4 is 5.32 Å². The summed E-state index contributed by atoms with van der Waals surface area (Å²) in [5.41, 5.74) is -0.0958. The van der Waals surface area contributed by atoms with Crippen LogP contribution in [0.15, 0.2) is 24.3 Å². The van der Waals surface area contributed by atoms with Crippen LogP contribution in [-0.2, 0) is 11.0 Å². The molecule has 2 nitrogen and oxygen atoms in total. The van der Waals surface area contributed by atoms with Crippen LogP contribution >= 0.6 is 0 Å². The van der Waals surface area contributed by atoms with Crippen molar-refractivity contribution in [1.82, 2.24) is 0 Å². The highest BCUT2D eigenvalue weighted by molar-refractivity contribution is 5.95. The largest absolute Gasteiger partial charge is 0.416 e. The topological polar surface area (TPSA) is 29.1 Å². The molecule has 0 bridgehead atoms. The van der Waals surface area contributed by atoms with Crippen LogP contribution in [0.4, 0.5) is 18.9 Å². The molecule has 2 fully saturated rings. The van der Waals surface area contributed by atoms with Crippen molar-refractivity contribution in [3.05, 3.63) is 29.8 Å². The van der Waals surface area contributed by atoms with Gasteiger partial charge in [-0.25, -0.2) is 0 Å². The Balaban J connectivity index is 1.59. The monoisotopic (exact) mass is 311 g/mol. The molecule has 0 saturated heterocycles. The van der Waals surface area contributed by atoms with Gasteiger partial charge in [0, 0.05) is 11.6 Å². The van der Waals surface area contributed by atoms with Gasteiger partial charge in [0.15, 0.2) is 0 Å². The van der Waals surface area contributed by atoms with Crippen molar-refractivity contribution in [1.29, 1.82) is 0 Å². The molecule has 1 atom stereocenters. The van der Waals surface area contributed by atoms with Gasteiger partial charge in [0.2, 0.25) is 5.91 Å². The van der Waals surface area contributed by atoms with Crippen molar-refractivity contribution in [3.8, 4) is 0 Å². The summed E-state index contributed by atoms with van der Waals surface area (Å²) in [6, 6.07) is 4.64. The predicted octanol–water partition coefficient (Wildman–Crippen LogP) is 4.86. The number of hydrogen-bond acceptors (Lipinski definition) is 1. The number of amides is 1. The average Bonchev–Trinajstić information content (AvgIpc) is 3.16. The van der Waals surface area contributed by atoms with E-state index in [9.17, 15) is 18.0 Å². The van der Waals surface area contributed by atoms with Gasteiger partial charge in [0.25, 0.3) is 0 Å². The van der Waals surface area contributed by atoms with Crippen LogP contribution in [0.2, 0.25) is 0 Å². The molecule has 2 aliphatic carbocycles. The van der Waals surface area contributed by atoms with Crippen molar-refractivity contribution in [2.24, 2.45) is 17.3 Å². The number of halogens is 3. The van der Waals surface area contributed by atoms with Crippen LogP contribution in [-0.4, -0.2) is 5.91 Å². The lowest BCUT2D eigenvalue weighted by Crippen LogP contribution is -2.22. The number of benzene rings is 1. The van der Waals surface area contributed by atoms with Gasteiger partial charge < -0.3 is 5.32 Å². The number of carbonyl (C=O) groups is 1. The molecular weight excluding hydrogens is 291 g/mol. The van der Waals surface area contributed by atoms with Gasteiger partial charge in [-0.15, -0.1) is 0 Å². The third-order valence-electron chi connectivity index (χ3n) is 5.26. The first kappa shape index (κ1) is 15.4. The van der Waals surface area contributed by atoms with Crippen LogP contribution in [0.1, 0.15) is 44.6 Å². The van der Waals surface area contributed by atoms with Gasteiger partial charge >= 0.3 is 6.18 Å². The lowest BCUT2D eigenvalue weighted by atomic mass is 9.79. The molecule has 1 amide bonds. The van der Waals surface area contributed by atoms with E-state index in [4.69, 9.17) is 0 Å². The summed E-state index contributed by atoms with van der Waals surface area (Å²) < 4.78 is 37.5. The zero-order valence-corrected chi connectivity index (χ0v) is 12.5. The normalized spacial score (nSPS) is 31.1. The smallest absolute Gasteiger partial charge is 0.326 e. The van der Waals surface area contributed by atoms with E-state index in [-0.39, 0.29) is 17.2 Å². The molecule has 5 heteroatoms. The third kappa shape index (κ3) is 2.99. The SMILES string of the molecule is CC1CCC2(CC1)CC2C(=O)Nc1ccc(C(F)(F)F)cc1. The van der Waals surface area contributed by atoms with E-state index in [0.29, 0.717) is 5.69 Å². The van der Waals surface area contributed by atoms with Crippen LogP contribution in [0, 0.1) is 17.3 Å². The van der Waals surface area contributed by atoms with Gasteiger partial charge in [-0.05, 0) is 54.9 Å². The summed E-state index contributed by atoms with van der Waals surface area (Å²) in [6.07, 6.45) is 1.11. The fraction of sp³-hybridized carbons (Fsp3) is 0.588. The molecule has 2 saturated carbocycles. The molecule has 2 aliphatic rings. The van der Waals surface area contributed by atoms with E-state index >= 15 is 0 Å². The van der Waals surface area contributed by atoms with Crippen molar-refractivity contribution >= 4 is 11.6 Å². The molecule has 0 heterocycles. The quantitative estimate of drug-likeness (QED) is 0.830. The molecule has 1 N–H and O–H groups in total. The van der Waals surface area contributed by atoms with Crippen molar-refractivity contribution in [2.75, 3.05) is 5.32 Å². The Kier molecular flexibility index (Phi) is 3.69. The first-order valence-corrected chi connectivity index (χ1v) is 7.78. The van der Waals surface area contributed by atoms with Crippen molar-refractivity contribution < 1.29 is 18.0 Å². The van der Waals surface area contributed by atoms with Gasteiger partial charge in [0.1, 0.15) is 0 Å². The van der Waals surface area contributed by atoms with Gasteiger partial charge in [-0.1, -0.05) is 19.8 Å². The second-order valence-electron chi connectivity index (χ2n) is 6.87. The van der Waals surface area contributed by atoms with Gasteiger partial charge in [-0.3, -0.25) is 4.79 Å². The average molecular weight is 311 g/mol. The highest BCUT2D eigenvalue weighted by Crippen LogP contribution is 2.62. The van der Waals surface area contributed by atoms with E-state index in [0.717, 1.165) is 37.3 Å². The molecule has 1 aromatic carbocycles. The van der Waals surface area contributed by atoms with E-state index in [1.165, 1.54) is 25.0 Å². The molecule has 3 rings (SSSR count). The highest BCUT2D eigenvalue weighted by atomic mass is 19.4. The maximum atomic E-state index is 12.5. The zero-order chi connectivity index (χ0) is 16.0. The Bertz CT molecular complexity index is 556. The van der Waals surface area contributed by atoms with Crippen LogP contribution in [0.3, 0.4) is 0 Å². The van der Waals surface area contributed by atoms with Gasteiger partial charge in [0.05, 0.1) is 5.56 Å². The summed E-state index contributed by atoms with van der Waals surface area (Å²) in [4.78, 5) is 12.3. The summed E-state index contributed by atoms with van der Waals surface area (Å²) in [5.74, 6) is 0.724. The van der Waals surface area contributed by atoms with E-state index in [1.54, 1.807) is 0 Å². The molecule has 1 aromatic rings. The van der Waals surface area contributed by atoms with E-state index < -0.39 is 11.7 Å². The Morgan fingerprint density at radius 2 is 1.77 bits per heavy atom. The Labute approximate surface area is 128 Å². The minimum Gasteiger partial charge on any atom is -0.326 e. The third-order valence-corrected chi connectivity index (χ3v) is 5.26. The molecule has 0 aliphatic heterocycles. The lowest BCUT2D eigenvalue weighted by Gasteiger charge is -2.26. The second kappa shape index (κ2) is 5.28. The number of rotatable bonds is 2. The fourth-order valence-electron chi connectivity index (χ4n) is 3.58. The minimum atomic E-state index is -4.35. The van der Waals surface area contributed by atoms with Gasteiger partial charge in [-0.2, -0.15) is 13.2 Å². The molecule has 0 aromatic heterocycles. The standard InChI is InChI=1S/C17H20F3NO/c1-11-6-8-16(9-7-11)10-14(16)15(22)21-13-4-2-12(3-5-13)17(18,19)20/h2-5,11,14H,6-10H2,1H3,(H,21,22). The van der Waals surface area contributed by atoms with E-state index in [2.05, 4.69) is 12.2 Å². The second-order valence-corrected chi connectivity index (χ2v) is 6.87. The minimum absolute atomic E-state index is 0.0299. The lowest BCUT2D eigenvalue weighted by molar-refractivity contribution is -0.137. The Hall–Kier alpha value is -1.52. The van der Waals surface area contributed by atoms with Crippen LogP contribution in [0.25, 0.3) is 0 Å². The predicted molar refractivity (Wildman–Crippen MR) is 78.2 cm³/mol. The number of hydrogen-bond donors (Lipinski definition) is 1. The molecule has 22 heavy (non-hydrogen) atoms. The number of nitrogens with one attached hydrogen (secondary N) is 1. The molecule has 1 spiro atoms. The Morgan fingerprint density at radius 3 is 2.32 bits per heavy atom. The number of anilines is 1. The highest BCUT2D eigenvalue weighted by Gasteiger charge is 2.58. The first-order chi connectivity index (χ1) is 10.3.